The van der Waals surface area contributed by atoms with Crippen LogP contribution in [-0.4, -0.2) is 33.7 Å². The maximum Gasteiger partial charge on any atom is 0.305 e. The second-order valence-corrected chi connectivity index (χ2v) is 5.24. The number of nitro groups is 1. The Kier molecular flexibility index (Phi) is 3.86. The van der Waals surface area contributed by atoms with E-state index in [9.17, 15) is 15.2 Å². The molecule has 1 unspecified atom stereocenters. The van der Waals surface area contributed by atoms with Crippen LogP contribution < -0.4 is 4.90 Å². The van der Waals surface area contributed by atoms with Crippen molar-refractivity contribution in [3.05, 3.63) is 27.9 Å². The van der Waals surface area contributed by atoms with Gasteiger partial charge in [-0.15, -0.1) is 0 Å². The minimum Gasteiger partial charge on any atom is -0.390 e. The van der Waals surface area contributed by atoms with Crippen LogP contribution in [0, 0.1) is 21.4 Å². The fourth-order valence-corrected chi connectivity index (χ4v) is 2.34. The van der Waals surface area contributed by atoms with Gasteiger partial charge in [0.25, 0.3) is 0 Å². The van der Waals surface area contributed by atoms with Crippen molar-refractivity contribution in [2.75, 3.05) is 18.0 Å². The minimum atomic E-state index is -0.687. The van der Waals surface area contributed by atoms with Crippen molar-refractivity contribution in [3.8, 4) is 6.07 Å². The number of anilines is 1. The number of aliphatic hydroxyl groups is 1. The van der Waals surface area contributed by atoms with Crippen LogP contribution >= 0.6 is 0 Å². The van der Waals surface area contributed by atoms with Crippen molar-refractivity contribution < 1.29 is 10.0 Å². The van der Waals surface area contributed by atoms with E-state index < -0.39 is 10.5 Å². The molecule has 1 N–H and O–H groups in total. The molecule has 0 radical (unpaired) electrons. The highest BCUT2D eigenvalue weighted by Crippen LogP contribution is 2.26. The van der Waals surface area contributed by atoms with Gasteiger partial charge in [0.15, 0.2) is 0 Å². The number of aromatic nitrogens is 1. The van der Waals surface area contributed by atoms with Gasteiger partial charge in [0.2, 0.25) is 5.69 Å². The number of rotatable bonds is 2. The van der Waals surface area contributed by atoms with Gasteiger partial charge in [0.05, 0.1) is 10.5 Å². The van der Waals surface area contributed by atoms with Gasteiger partial charge in [-0.3, -0.25) is 10.1 Å². The molecule has 7 heteroatoms. The first kappa shape index (κ1) is 14.2. The SMILES string of the molecule is CC1(O)CCCN(c2ccc([N+](=O)[O-])c(C#N)n2)CC1. The van der Waals surface area contributed by atoms with Gasteiger partial charge in [-0.1, -0.05) is 0 Å². The molecule has 0 saturated carbocycles. The van der Waals surface area contributed by atoms with Crippen LogP contribution in [0.3, 0.4) is 0 Å². The standard InChI is InChI=1S/C13H16N4O3/c1-13(18)5-2-7-16(8-6-13)12-4-3-11(17(19)20)10(9-14)15-12/h3-4,18H,2,5-8H2,1H3. The van der Waals surface area contributed by atoms with E-state index in [4.69, 9.17) is 5.26 Å². The smallest absolute Gasteiger partial charge is 0.305 e. The molecule has 1 fully saturated rings. The van der Waals surface area contributed by atoms with Crippen LogP contribution in [0.15, 0.2) is 12.1 Å². The molecule has 0 aromatic carbocycles. The number of nitrogens with zero attached hydrogens (tertiary/aromatic N) is 4. The van der Waals surface area contributed by atoms with Crippen LogP contribution in [0.5, 0.6) is 0 Å². The molecule has 106 valence electrons. The van der Waals surface area contributed by atoms with E-state index in [0.29, 0.717) is 31.7 Å². The van der Waals surface area contributed by atoms with E-state index in [-0.39, 0.29) is 11.4 Å². The summed E-state index contributed by atoms with van der Waals surface area (Å²) in [5.74, 6) is 0.546. The first-order valence-electron chi connectivity index (χ1n) is 6.46. The molecule has 20 heavy (non-hydrogen) atoms. The highest BCUT2D eigenvalue weighted by atomic mass is 16.6. The fraction of sp³-hybridized carbons (Fsp3) is 0.538. The maximum atomic E-state index is 10.8. The minimum absolute atomic E-state index is 0.177. The Morgan fingerprint density at radius 3 is 2.90 bits per heavy atom. The Labute approximate surface area is 116 Å². The molecular formula is C13H16N4O3. The Balaban J connectivity index is 2.25. The first-order chi connectivity index (χ1) is 9.43. The van der Waals surface area contributed by atoms with Crippen molar-refractivity contribution in [2.45, 2.75) is 31.8 Å². The zero-order valence-corrected chi connectivity index (χ0v) is 11.2. The Morgan fingerprint density at radius 1 is 1.50 bits per heavy atom. The average molecular weight is 276 g/mol. The number of hydrogen-bond acceptors (Lipinski definition) is 6. The van der Waals surface area contributed by atoms with Crippen molar-refractivity contribution in [3.63, 3.8) is 0 Å². The summed E-state index contributed by atoms with van der Waals surface area (Å²) in [5.41, 5.74) is -1.14. The van der Waals surface area contributed by atoms with Gasteiger partial charge < -0.3 is 10.0 Å². The number of hydrogen-bond donors (Lipinski definition) is 1. The second kappa shape index (κ2) is 5.43. The molecule has 1 saturated heterocycles. The lowest BCUT2D eigenvalue weighted by molar-refractivity contribution is -0.385. The molecular weight excluding hydrogens is 260 g/mol. The summed E-state index contributed by atoms with van der Waals surface area (Å²) in [6.07, 6.45) is 2.13. The van der Waals surface area contributed by atoms with Crippen molar-refractivity contribution in [1.29, 1.82) is 5.26 Å². The number of pyridine rings is 1. The molecule has 7 nitrogen and oxygen atoms in total. The second-order valence-electron chi connectivity index (χ2n) is 5.24. The first-order valence-corrected chi connectivity index (χ1v) is 6.46. The summed E-state index contributed by atoms with van der Waals surface area (Å²) in [5, 5.41) is 29.8. The average Bonchev–Trinajstić information content (AvgIpc) is 2.59. The summed E-state index contributed by atoms with van der Waals surface area (Å²) < 4.78 is 0. The van der Waals surface area contributed by atoms with Crippen LogP contribution in [0.2, 0.25) is 0 Å². The lowest BCUT2D eigenvalue weighted by Gasteiger charge is -2.23. The lowest BCUT2D eigenvalue weighted by Crippen LogP contribution is -2.28. The normalized spacial score (nSPS) is 22.9. The highest BCUT2D eigenvalue weighted by Gasteiger charge is 2.26. The van der Waals surface area contributed by atoms with Gasteiger partial charge in [-0.25, -0.2) is 4.98 Å². The van der Waals surface area contributed by atoms with E-state index >= 15 is 0 Å². The van der Waals surface area contributed by atoms with Crippen LogP contribution in [0.4, 0.5) is 11.5 Å². The summed E-state index contributed by atoms with van der Waals surface area (Å²) in [7, 11) is 0. The van der Waals surface area contributed by atoms with E-state index in [2.05, 4.69) is 4.98 Å². The van der Waals surface area contributed by atoms with E-state index in [1.54, 1.807) is 19.1 Å². The number of nitriles is 1. The summed E-state index contributed by atoms with van der Waals surface area (Å²) in [6, 6.07) is 4.62. The summed E-state index contributed by atoms with van der Waals surface area (Å²) in [4.78, 5) is 16.2. The maximum absolute atomic E-state index is 10.8. The fourth-order valence-electron chi connectivity index (χ4n) is 2.34. The molecule has 1 aromatic heterocycles. The van der Waals surface area contributed by atoms with Crippen LogP contribution in [-0.2, 0) is 0 Å². The Bertz CT molecular complexity index is 565. The molecule has 0 spiro atoms. The monoisotopic (exact) mass is 276 g/mol. The van der Waals surface area contributed by atoms with Crippen LogP contribution in [0.25, 0.3) is 0 Å². The van der Waals surface area contributed by atoms with Crippen molar-refractivity contribution in [1.82, 2.24) is 4.98 Å². The van der Waals surface area contributed by atoms with Crippen molar-refractivity contribution >= 4 is 11.5 Å². The largest absolute Gasteiger partial charge is 0.390 e. The zero-order valence-electron chi connectivity index (χ0n) is 11.2. The molecule has 0 amide bonds. The third kappa shape index (κ3) is 3.03. The molecule has 1 aliphatic heterocycles. The predicted octanol–water partition coefficient (Wildman–Crippen LogP) is 1.60. The summed E-state index contributed by atoms with van der Waals surface area (Å²) >= 11 is 0. The molecule has 0 aliphatic carbocycles. The third-order valence-electron chi connectivity index (χ3n) is 3.55. The van der Waals surface area contributed by atoms with Crippen LogP contribution in [0.1, 0.15) is 31.9 Å². The topological polar surface area (TPSA) is 103 Å². The Morgan fingerprint density at radius 2 is 2.25 bits per heavy atom. The molecule has 1 atom stereocenters. The van der Waals surface area contributed by atoms with Gasteiger partial charge in [-0.05, 0) is 32.3 Å². The van der Waals surface area contributed by atoms with E-state index in [1.165, 1.54) is 6.07 Å². The molecule has 1 aromatic rings. The molecule has 2 heterocycles. The lowest BCUT2D eigenvalue weighted by atomic mass is 9.98. The van der Waals surface area contributed by atoms with Gasteiger partial charge in [0, 0.05) is 19.2 Å². The highest BCUT2D eigenvalue weighted by molar-refractivity contribution is 5.51. The van der Waals surface area contributed by atoms with E-state index in [1.807, 2.05) is 4.90 Å². The summed E-state index contributed by atoms with van der Waals surface area (Å²) in [6.45, 7) is 3.13. The van der Waals surface area contributed by atoms with Gasteiger partial charge in [-0.2, -0.15) is 5.26 Å². The van der Waals surface area contributed by atoms with Crippen molar-refractivity contribution in [2.24, 2.45) is 0 Å². The van der Waals surface area contributed by atoms with Gasteiger partial charge in [0.1, 0.15) is 11.9 Å². The zero-order chi connectivity index (χ0) is 14.8. The van der Waals surface area contributed by atoms with E-state index in [0.717, 1.165) is 6.42 Å². The molecule has 2 rings (SSSR count). The Hall–Kier alpha value is -2.20. The third-order valence-corrected chi connectivity index (χ3v) is 3.55. The molecule has 1 aliphatic rings. The van der Waals surface area contributed by atoms with Gasteiger partial charge >= 0.3 is 5.69 Å². The quantitative estimate of drug-likeness (QED) is 0.650. The molecule has 0 bridgehead atoms. The predicted molar refractivity (Wildman–Crippen MR) is 72.3 cm³/mol.